The Bertz CT molecular complexity index is 302. The van der Waals surface area contributed by atoms with Gasteiger partial charge in [0, 0.05) is 12.1 Å². The van der Waals surface area contributed by atoms with Crippen molar-refractivity contribution < 1.29 is 9.90 Å². The number of rotatable bonds is 1. The Morgan fingerprint density at radius 1 is 1.67 bits per heavy atom. The van der Waals surface area contributed by atoms with Crippen molar-refractivity contribution in [3.63, 3.8) is 0 Å². The molecular weight excluding hydrogens is 156 g/mol. The van der Waals surface area contributed by atoms with Crippen molar-refractivity contribution in [2.24, 2.45) is 0 Å². The average Bonchev–Trinajstić information content (AvgIpc) is 2.32. The third-order valence-electron chi connectivity index (χ3n) is 2.33. The second kappa shape index (κ2) is 2.62. The fourth-order valence-electron chi connectivity index (χ4n) is 1.37. The molecule has 0 spiro atoms. The monoisotopic (exact) mass is 166 g/mol. The van der Waals surface area contributed by atoms with Crippen LogP contribution in [0.5, 0.6) is 0 Å². The smallest absolute Gasteiger partial charge is 0.432 e. The van der Waals surface area contributed by atoms with Gasteiger partial charge in [-0.3, -0.25) is 0 Å². The zero-order chi connectivity index (χ0) is 8.55. The summed E-state index contributed by atoms with van der Waals surface area (Å²) in [5.41, 5.74) is 0.920. The van der Waals surface area contributed by atoms with Gasteiger partial charge in [0.1, 0.15) is 0 Å². The molecule has 1 aromatic heterocycles. The summed E-state index contributed by atoms with van der Waals surface area (Å²) in [7, 11) is 0. The van der Waals surface area contributed by atoms with Gasteiger partial charge in [-0.05, 0) is 18.9 Å². The van der Waals surface area contributed by atoms with Crippen LogP contribution in [0.25, 0.3) is 0 Å². The highest BCUT2D eigenvalue weighted by atomic mass is 16.4. The SMILES string of the molecule is O=C(O)n1ccc(C2CCC2)n1. The van der Waals surface area contributed by atoms with Crippen LogP contribution in [-0.2, 0) is 0 Å². The second-order valence-corrected chi connectivity index (χ2v) is 3.10. The summed E-state index contributed by atoms with van der Waals surface area (Å²) in [6.07, 6.45) is 4.02. The summed E-state index contributed by atoms with van der Waals surface area (Å²) in [5, 5.41) is 12.5. The van der Waals surface area contributed by atoms with E-state index in [4.69, 9.17) is 5.11 Å². The van der Waals surface area contributed by atoms with Gasteiger partial charge in [-0.25, -0.2) is 4.79 Å². The molecule has 0 unspecified atom stereocenters. The third-order valence-corrected chi connectivity index (χ3v) is 2.33. The average molecular weight is 166 g/mol. The van der Waals surface area contributed by atoms with E-state index in [1.54, 1.807) is 6.07 Å². The van der Waals surface area contributed by atoms with Gasteiger partial charge < -0.3 is 5.11 Å². The molecule has 0 amide bonds. The molecule has 4 nitrogen and oxygen atoms in total. The van der Waals surface area contributed by atoms with E-state index >= 15 is 0 Å². The Kier molecular flexibility index (Phi) is 1.60. The van der Waals surface area contributed by atoms with Crippen LogP contribution in [0, 0.1) is 0 Å². The number of carboxylic acid groups (broad SMARTS) is 1. The first-order valence-corrected chi connectivity index (χ1v) is 4.06. The van der Waals surface area contributed by atoms with Crippen molar-refractivity contribution in [2.75, 3.05) is 0 Å². The lowest BCUT2D eigenvalue weighted by Gasteiger charge is -2.22. The minimum atomic E-state index is -1.01. The molecule has 1 N–H and O–H groups in total. The molecular formula is C8H10N2O2. The van der Waals surface area contributed by atoms with Crippen molar-refractivity contribution in [1.29, 1.82) is 0 Å². The predicted molar refractivity (Wildman–Crippen MR) is 42.2 cm³/mol. The minimum absolute atomic E-state index is 0.505. The fraction of sp³-hybridized carbons (Fsp3) is 0.500. The minimum Gasteiger partial charge on any atom is -0.463 e. The van der Waals surface area contributed by atoms with E-state index in [0.29, 0.717) is 5.92 Å². The van der Waals surface area contributed by atoms with Gasteiger partial charge in [-0.1, -0.05) is 6.42 Å². The maximum Gasteiger partial charge on any atom is 0.432 e. The summed E-state index contributed by atoms with van der Waals surface area (Å²) in [6, 6.07) is 1.79. The van der Waals surface area contributed by atoms with Crippen LogP contribution in [0.3, 0.4) is 0 Å². The summed E-state index contributed by atoms with van der Waals surface area (Å²) in [5.74, 6) is 0.505. The van der Waals surface area contributed by atoms with Gasteiger partial charge in [0.2, 0.25) is 0 Å². The molecule has 1 aliphatic rings. The third kappa shape index (κ3) is 1.09. The van der Waals surface area contributed by atoms with E-state index in [-0.39, 0.29) is 0 Å². The van der Waals surface area contributed by atoms with Crippen LogP contribution in [0.2, 0.25) is 0 Å². The lowest BCUT2D eigenvalue weighted by Crippen LogP contribution is -2.12. The van der Waals surface area contributed by atoms with E-state index in [1.165, 1.54) is 12.6 Å². The number of hydrogen-bond acceptors (Lipinski definition) is 2. The molecule has 64 valence electrons. The van der Waals surface area contributed by atoms with Crippen molar-refractivity contribution >= 4 is 6.09 Å². The molecule has 0 atom stereocenters. The van der Waals surface area contributed by atoms with E-state index in [0.717, 1.165) is 23.2 Å². The lowest BCUT2D eigenvalue weighted by molar-refractivity contribution is 0.192. The van der Waals surface area contributed by atoms with Gasteiger partial charge in [0.05, 0.1) is 5.69 Å². The van der Waals surface area contributed by atoms with E-state index in [1.807, 2.05) is 0 Å². The first kappa shape index (κ1) is 7.34. The van der Waals surface area contributed by atoms with Gasteiger partial charge in [-0.2, -0.15) is 9.78 Å². The maximum absolute atomic E-state index is 10.4. The van der Waals surface area contributed by atoms with Crippen molar-refractivity contribution in [3.8, 4) is 0 Å². The Labute approximate surface area is 69.8 Å². The van der Waals surface area contributed by atoms with Gasteiger partial charge in [-0.15, -0.1) is 0 Å². The Balaban J connectivity index is 2.17. The molecule has 1 fully saturated rings. The van der Waals surface area contributed by atoms with E-state index in [9.17, 15) is 4.79 Å². The maximum atomic E-state index is 10.4. The molecule has 0 bridgehead atoms. The summed E-state index contributed by atoms with van der Waals surface area (Å²) in [4.78, 5) is 10.4. The molecule has 1 saturated carbocycles. The van der Waals surface area contributed by atoms with Crippen LogP contribution in [0.15, 0.2) is 12.3 Å². The first-order chi connectivity index (χ1) is 5.77. The highest BCUT2D eigenvalue weighted by Gasteiger charge is 2.22. The number of carbonyl (C=O) groups is 1. The molecule has 12 heavy (non-hydrogen) atoms. The van der Waals surface area contributed by atoms with Crippen LogP contribution in [0.4, 0.5) is 4.79 Å². The van der Waals surface area contributed by atoms with Gasteiger partial charge in [0.15, 0.2) is 0 Å². The number of nitrogens with zero attached hydrogens (tertiary/aromatic N) is 2. The van der Waals surface area contributed by atoms with Crippen molar-refractivity contribution in [3.05, 3.63) is 18.0 Å². The van der Waals surface area contributed by atoms with Crippen LogP contribution >= 0.6 is 0 Å². The largest absolute Gasteiger partial charge is 0.463 e. The number of aromatic nitrogens is 2. The highest BCUT2D eigenvalue weighted by Crippen LogP contribution is 2.34. The lowest BCUT2D eigenvalue weighted by atomic mass is 9.83. The molecule has 0 aromatic carbocycles. The van der Waals surface area contributed by atoms with Crippen LogP contribution in [0.1, 0.15) is 30.9 Å². The molecule has 4 heteroatoms. The summed E-state index contributed by atoms with van der Waals surface area (Å²) < 4.78 is 0.966. The second-order valence-electron chi connectivity index (χ2n) is 3.10. The van der Waals surface area contributed by atoms with Crippen LogP contribution in [-0.4, -0.2) is 21.0 Å². The molecule has 0 radical (unpaired) electrons. The predicted octanol–water partition coefficient (Wildman–Crippen LogP) is 1.68. The van der Waals surface area contributed by atoms with E-state index < -0.39 is 6.09 Å². The first-order valence-electron chi connectivity index (χ1n) is 4.06. The Hall–Kier alpha value is -1.32. The Morgan fingerprint density at radius 3 is 2.83 bits per heavy atom. The Morgan fingerprint density at radius 2 is 2.42 bits per heavy atom. The zero-order valence-corrected chi connectivity index (χ0v) is 6.60. The topological polar surface area (TPSA) is 55.1 Å². The van der Waals surface area contributed by atoms with Gasteiger partial charge >= 0.3 is 6.09 Å². The normalized spacial score (nSPS) is 17.3. The molecule has 0 aliphatic heterocycles. The quantitative estimate of drug-likeness (QED) is 0.690. The zero-order valence-electron chi connectivity index (χ0n) is 6.60. The summed E-state index contributed by atoms with van der Waals surface area (Å²) in [6.45, 7) is 0. The standard InChI is InChI=1S/C8H10N2O2/c11-8(12)10-5-4-7(9-10)6-2-1-3-6/h4-6H,1-3H2,(H,11,12). The van der Waals surface area contributed by atoms with Gasteiger partial charge in [0.25, 0.3) is 0 Å². The number of hydrogen-bond donors (Lipinski definition) is 1. The van der Waals surface area contributed by atoms with Crippen molar-refractivity contribution in [2.45, 2.75) is 25.2 Å². The fourth-order valence-corrected chi connectivity index (χ4v) is 1.37. The molecule has 1 aliphatic carbocycles. The molecule has 2 rings (SSSR count). The molecule has 1 heterocycles. The van der Waals surface area contributed by atoms with Crippen molar-refractivity contribution in [1.82, 2.24) is 9.78 Å². The van der Waals surface area contributed by atoms with Crippen LogP contribution < -0.4 is 0 Å². The molecule has 0 saturated heterocycles. The summed E-state index contributed by atoms with van der Waals surface area (Å²) >= 11 is 0. The van der Waals surface area contributed by atoms with E-state index in [2.05, 4.69) is 5.10 Å². The highest BCUT2D eigenvalue weighted by molar-refractivity contribution is 5.66. The molecule has 1 aromatic rings.